The molecule has 0 bridgehead atoms. The van der Waals surface area contributed by atoms with Crippen LogP contribution >= 0.6 is 0 Å². The Morgan fingerprint density at radius 3 is 2.88 bits per heavy atom. The molecule has 0 radical (unpaired) electrons. The first kappa shape index (κ1) is 15.7. The third kappa shape index (κ3) is 2.85. The molecule has 3 heterocycles. The number of hydrogen-bond donors (Lipinski definition) is 0. The summed E-state index contributed by atoms with van der Waals surface area (Å²) in [4.78, 5) is 19.3. The average molecular weight is 341 g/mol. The summed E-state index contributed by atoms with van der Waals surface area (Å²) in [7, 11) is 0. The first-order chi connectivity index (χ1) is 12.8. The number of terminal acetylenes is 1. The maximum absolute atomic E-state index is 13.4. The van der Waals surface area contributed by atoms with Gasteiger partial charge >= 0.3 is 0 Å². The molecule has 0 unspecified atom stereocenters. The molecule has 1 aromatic carbocycles. The normalized spacial score (nSPS) is 10.6. The molecule has 0 aliphatic heterocycles. The Labute approximate surface area is 150 Å². The standard InChI is InChI=1S/C21H15N3O2/c1-2-16-6-3-7-17(14-16)24(15-18-8-5-13-26-18)21(25)19-9-4-10-20-22-11-12-23(19)20/h1,3-14H,15H2. The number of carbonyl (C=O) groups is 1. The number of pyridine rings is 1. The Morgan fingerprint density at radius 2 is 2.08 bits per heavy atom. The van der Waals surface area contributed by atoms with Crippen molar-refractivity contribution in [1.82, 2.24) is 9.38 Å². The number of rotatable bonds is 4. The lowest BCUT2D eigenvalue weighted by atomic mass is 10.1. The Balaban J connectivity index is 1.80. The molecule has 0 spiro atoms. The molecular weight excluding hydrogens is 326 g/mol. The number of benzene rings is 1. The molecule has 4 aromatic rings. The van der Waals surface area contributed by atoms with Crippen LogP contribution in [-0.2, 0) is 6.54 Å². The van der Waals surface area contributed by atoms with Crippen LogP contribution < -0.4 is 4.90 Å². The Morgan fingerprint density at radius 1 is 1.19 bits per heavy atom. The number of furan rings is 1. The SMILES string of the molecule is C#Cc1cccc(N(Cc2ccco2)C(=O)c2cccc3nccn23)c1. The summed E-state index contributed by atoms with van der Waals surface area (Å²) in [6.07, 6.45) is 10.5. The van der Waals surface area contributed by atoms with Gasteiger partial charge in [0.25, 0.3) is 5.91 Å². The molecule has 0 saturated heterocycles. The lowest BCUT2D eigenvalue weighted by molar-refractivity contribution is 0.0977. The zero-order valence-corrected chi connectivity index (χ0v) is 13.9. The van der Waals surface area contributed by atoms with Gasteiger partial charge in [-0.1, -0.05) is 18.1 Å². The van der Waals surface area contributed by atoms with E-state index in [1.165, 1.54) is 0 Å². The van der Waals surface area contributed by atoms with Gasteiger partial charge in [-0.3, -0.25) is 14.1 Å². The minimum absolute atomic E-state index is 0.167. The molecule has 0 saturated carbocycles. The minimum atomic E-state index is -0.167. The maximum Gasteiger partial charge on any atom is 0.275 e. The molecule has 0 N–H and O–H groups in total. The molecule has 0 atom stereocenters. The highest BCUT2D eigenvalue weighted by molar-refractivity contribution is 6.05. The van der Waals surface area contributed by atoms with E-state index in [-0.39, 0.29) is 5.91 Å². The number of fused-ring (bicyclic) bond motifs is 1. The van der Waals surface area contributed by atoms with Crippen molar-refractivity contribution < 1.29 is 9.21 Å². The first-order valence-electron chi connectivity index (χ1n) is 8.09. The quantitative estimate of drug-likeness (QED) is 0.531. The number of aromatic nitrogens is 2. The van der Waals surface area contributed by atoms with Crippen molar-refractivity contribution in [3.63, 3.8) is 0 Å². The van der Waals surface area contributed by atoms with Crippen molar-refractivity contribution in [3.8, 4) is 12.3 Å². The molecule has 5 heteroatoms. The summed E-state index contributed by atoms with van der Waals surface area (Å²) >= 11 is 0. The molecule has 3 aromatic heterocycles. The summed E-state index contributed by atoms with van der Waals surface area (Å²) in [5.41, 5.74) is 2.64. The number of imidazole rings is 1. The highest BCUT2D eigenvalue weighted by Gasteiger charge is 2.21. The summed E-state index contributed by atoms with van der Waals surface area (Å²) < 4.78 is 7.21. The number of nitrogens with zero attached hydrogens (tertiary/aromatic N) is 3. The second kappa shape index (κ2) is 6.61. The molecule has 1 amide bonds. The third-order valence-electron chi connectivity index (χ3n) is 4.11. The molecule has 4 rings (SSSR count). The predicted octanol–water partition coefficient (Wildman–Crippen LogP) is 3.76. The number of hydrogen-bond acceptors (Lipinski definition) is 3. The van der Waals surface area contributed by atoms with Gasteiger partial charge in [-0.25, -0.2) is 4.98 Å². The van der Waals surface area contributed by atoms with Gasteiger partial charge in [-0.15, -0.1) is 6.42 Å². The van der Waals surface area contributed by atoms with Gasteiger partial charge in [-0.2, -0.15) is 0 Å². The fraction of sp³-hybridized carbons (Fsp3) is 0.0476. The number of anilines is 1. The second-order valence-corrected chi connectivity index (χ2v) is 5.73. The highest BCUT2D eigenvalue weighted by atomic mass is 16.3. The van der Waals surface area contributed by atoms with Crippen LogP contribution in [-0.4, -0.2) is 15.3 Å². The maximum atomic E-state index is 13.4. The van der Waals surface area contributed by atoms with E-state index >= 15 is 0 Å². The largest absolute Gasteiger partial charge is 0.467 e. The van der Waals surface area contributed by atoms with Gasteiger partial charge in [0, 0.05) is 23.6 Å². The first-order valence-corrected chi connectivity index (χ1v) is 8.09. The Hall–Kier alpha value is -3.78. The molecular formula is C21H15N3O2. The van der Waals surface area contributed by atoms with Gasteiger partial charge in [0.1, 0.15) is 17.1 Å². The van der Waals surface area contributed by atoms with E-state index in [1.54, 1.807) is 40.1 Å². The summed E-state index contributed by atoms with van der Waals surface area (Å²) in [5, 5.41) is 0. The molecule has 0 fully saturated rings. The van der Waals surface area contributed by atoms with Crippen molar-refractivity contribution in [1.29, 1.82) is 0 Å². The van der Waals surface area contributed by atoms with Crippen LogP contribution in [0.5, 0.6) is 0 Å². The average Bonchev–Trinajstić information content (AvgIpc) is 3.36. The van der Waals surface area contributed by atoms with Gasteiger partial charge in [-0.05, 0) is 42.5 Å². The Kier molecular flexibility index (Phi) is 4.00. The van der Waals surface area contributed by atoms with Crippen LogP contribution in [0.4, 0.5) is 5.69 Å². The van der Waals surface area contributed by atoms with Crippen molar-refractivity contribution in [2.75, 3.05) is 4.90 Å². The van der Waals surface area contributed by atoms with Crippen LogP contribution in [0.1, 0.15) is 21.8 Å². The van der Waals surface area contributed by atoms with E-state index in [2.05, 4.69) is 10.9 Å². The van der Waals surface area contributed by atoms with E-state index in [4.69, 9.17) is 10.8 Å². The van der Waals surface area contributed by atoms with Crippen LogP contribution in [0.2, 0.25) is 0 Å². The molecule has 0 aliphatic carbocycles. The van der Waals surface area contributed by atoms with Crippen molar-refractivity contribution in [3.05, 3.63) is 90.3 Å². The van der Waals surface area contributed by atoms with E-state index in [1.807, 2.05) is 42.5 Å². The summed E-state index contributed by atoms with van der Waals surface area (Å²) in [6.45, 7) is 0.297. The van der Waals surface area contributed by atoms with Crippen LogP contribution in [0.15, 0.2) is 77.7 Å². The van der Waals surface area contributed by atoms with E-state index < -0.39 is 0 Å². The molecule has 0 aliphatic rings. The lowest BCUT2D eigenvalue weighted by Crippen LogP contribution is -2.31. The van der Waals surface area contributed by atoms with Gasteiger partial charge in [0.15, 0.2) is 0 Å². The van der Waals surface area contributed by atoms with Crippen molar-refractivity contribution in [2.24, 2.45) is 0 Å². The van der Waals surface area contributed by atoms with E-state index in [9.17, 15) is 4.79 Å². The van der Waals surface area contributed by atoms with E-state index in [0.717, 1.165) is 0 Å². The zero-order chi connectivity index (χ0) is 17.9. The minimum Gasteiger partial charge on any atom is -0.467 e. The zero-order valence-electron chi connectivity index (χ0n) is 13.9. The topological polar surface area (TPSA) is 50.8 Å². The van der Waals surface area contributed by atoms with Crippen LogP contribution in [0, 0.1) is 12.3 Å². The molecule has 126 valence electrons. The van der Waals surface area contributed by atoms with Gasteiger partial charge in [0.05, 0.1) is 12.8 Å². The monoisotopic (exact) mass is 341 g/mol. The Bertz CT molecular complexity index is 1100. The summed E-state index contributed by atoms with van der Waals surface area (Å²) in [5.74, 6) is 3.12. The van der Waals surface area contributed by atoms with E-state index in [0.29, 0.717) is 34.9 Å². The highest BCUT2D eigenvalue weighted by Crippen LogP contribution is 2.22. The predicted molar refractivity (Wildman–Crippen MR) is 98.8 cm³/mol. The van der Waals surface area contributed by atoms with Crippen molar-refractivity contribution in [2.45, 2.75) is 6.54 Å². The lowest BCUT2D eigenvalue weighted by Gasteiger charge is -2.22. The third-order valence-corrected chi connectivity index (χ3v) is 4.11. The fourth-order valence-electron chi connectivity index (χ4n) is 2.86. The fourth-order valence-corrected chi connectivity index (χ4v) is 2.86. The van der Waals surface area contributed by atoms with Crippen LogP contribution in [0.3, 0.4) is 0 Å². The van der Waals surface area contributed by atoms with Gasteiger partial charge < -0.3 is 4.42 Å². The second-order valence-electron chi connectivity index (χ2n) is 5.73. The van der Waals surface area contributed by atoms with Crippen LogP contribution in [0.25, 0.3) is 5.65 Å². The summed E-state index contributed by atoms with van der Waals surface area (Å²) in [6, 6.07) is 16.4. The number of amides is 1. The van der Waals surface area contributed by atoms with Gasteiger partial charge in [0.2, 0.25) is 0 Å². The smallest absolute Gasteiger partial charge is 0.275 e. The van der Waals surface area contributed by atoms with Crippen molar-refractivity contribution >= 4 is 17.2 Å². The molecule has 5 nitrogen and oxygen atoms in total. The molecule has 26 heavy (non-hydrogen) atoms. The number of carbonyl (C=O) groups excluding carboxylic acids is 1.